The van der Waals surface area contributed by atoms with Crippen LogP contribution >= 0.6 is 0 Å². The van der Waals surface area contributed by atoms with Crippen LogP contribution in [0.25, 0.3) is 0 Å². The fraction of sp³-hybridized carbons (Fsp3) is 0.486. The van der Waals surface area contributed by atoms with Crippen LogP contribution in [0.2, 0.25) is 0 Å². The highest BCUT2D eigenvalue weighted by molar-refractivity contribution is 6.05. The minimum absolute atomic E-state index is 0.110. The third kappa shape index (κ3) is 6.88. The monoisotopic (exact) mass is 635 g/mol. The molecule has 1 atom stereocenters. The second kappa shape index (κ2) is 13.4. The molecule has 0 radical (unpaired) electrons. The highest BCUT2D eigenvalue weighted by Crippen LogP contribution is 2.34. The lowest BCUT2D eigenvalue weighted by atomic mass is 9.87. The summed E-state index contributed by atoms with van der Waals surface area (Å²) in [5.74, 6) is 0.886. The van der Waals surface area contributed by atoms with Crippen molar-refractivity contribution in [3.8, 4) is 0 Å². The van der Waals surface area contributed by atoms with Gasteiger partial charge in [0.05, 0.1) is 0 Å². The number of hydrogen-bond donors (Lipinski definition) is 2. The lowest BCUT2D eigenvalue weighted by Gasteiger charge is -2.34. The molecular formula is C37H45N7O3. The first-order valence-corrected chi connectivity index (χ1v) is 17.2. The van der Waals surface area contributed by atoms with E-state index in [1.807, 2.05) is 18.5 Å². The van der Waals surface area contributed by atoms with Crippen LogP contribution in [0.15, 0.2) is 54.9 Å². The maximum atomic E-state index is 13.1. The van der Waals surface area contributed by atoms with Crippen LogP contribution in [0.1, 0.15) is 96.8 Å². The van der Waals surface area contributed by atoms with Gasteiger partial charge in [-0.3, -0.25) is 24.6 Å². The SMILES string of the molecule is CC(C)c1cnc(NC2CCN(c3ccc(CN4CCC(c5ccc6c(c5)CN(C5CCC(=O)NC5=O)C6=O)CC4)cc3)CC2)nc1. The third-order valence-corrected chi connectivity index (χ3v) is 10.5. The van der Waals surface area contributed by atoms with Gasteiger partial charge in [-0.15, -0.1) is 0 Å². The second-order valence-electron chi connectivity index (χ2n) is 13.9. The molecule has 0 saturated carbocycles. The summed E-state index contributed by atoms with van der Waals surface area (Å²) in [6, 6.07) is 15.1. The van der Waals surface area contributed by atoms with Gasteiger partial charge in [-0.05, 0) is 97.5 Å². The van der Waals surface area contributed by atoms with Crippen LogP contribution in [0.5, 0.6) is 0 Å². The van der Waals surface area contributed by atoms with Crippen molar-refractivity contribution in [1.29, 1.82) is 0 Å². The number of likely N-dealkylation sites (tertiary alicyclic amines) is 1. The molecule has 2 aromatic carbocycles. The maximum Gasteiger partial charge on any atom is 0.255 e. The Morgan fingerprint density at radius 2 is 1.62 bits per heavy atom. The topological polar surface area (TPSA) is 111 Å². The number of nitrogens with zero attached hydrogens (tertiary/aromatic N) is 5. The van der Waals surface area contributed by atoms with E-state index in [2.05, 4.69) is 80.6 Å². The van der Waals surface area contributed by atoms with E-state index in [0.717, 1.165) is 75.5 Å². The highest BCUT2D eigenvalue weighted by atomic mass is 16.2. The Balaban J connectivity index is 0.870. The van der Waals surface area contributed by atoms with Crippen molar-refractivity contribution < 1.29 is 14.4 Å². The molecule has 1 unspecified atom stereocenters. The number of aromatic nitrogens is 2. The number of hydrogen-bond acceptors (Lipinski definition) is 8. The Kier molecular flexibility index (Phi) is 8.94. The Morgan fingerprint density at radius 3 is 2.30 bits per heavy atom. The predicted octanol–water partition coefficient (Wildman–Crippen LogP) is 4.82. The zero-order valence-electron chi connectivity index (χ0n) is 27.5. The van der Waals surface area contributed by atoms with Crippen molar-refractivity contribution >= 4 is 29.4 Å². The number of amides is 3. The quantitative estimate of drug-likeness (QED) is 0.339. The molecule has 47 heavy (non-hydrogen) atoms. The summed E-state index contributed by atoms with van der Waals surface area (Å²) in [5.41, 5.74) is 6.75. The van der Waals surface area contributed by atoms with Crippen LogP contribution in [-0.2, 0) is 22.7 Å². The molecule has 2 N–H and O–H groups in total. The predicted molar refractivity (Wildman–Crippen MR) is 181 cm³/mol. The lowest BCUT2D eigenvalue weighted by molar-refractivity contribution is -0.136. The van der Waals surface area contributed by atoms with Gasteiger partial charge in [-0.1, -0.05) is 38.1 Å². The van der Waals surface area contributed by atoms with E-state index in [0.29, 0.717) is 36.4 Å². The molecular weight excluding hydrogens is 590 g/mol. The van der Waals surface area contributed by atoms with E-state index < -0.39 is 6.04 Å². The molecule has 4 aliphatic heterocycles. The standard InChI is InChI=1S/C37H45N7O3/c1-24(2)29-20-38-37(39-21-29)40-30-13-17-43(18-14-30)31-6-3-25(4-7-31)22-42-15-11-26(12-16-42)27-5-8-32-28(19-27)23-44(36(32)47)33-9-10-34(45)41-35(33)46/h3-8,19-21,24,26,30,33H,9-18,22-23H2,1-2H3,(H,38,39,40)(H,41,45,46). The average Bonchev–Trinajstić information content (AvgIpc) is 3.41. The summed E-state index contributed by atoms with van der Waals surface area (Å²) in [7, 11) is 0. The average molecular weight is 636 g/mol. The van der Waals surface area contributed by atoms with Gasteiger partial charge in [-0.2, -0.15) is 0 Å². The van der Waals surface area contributed by atoms with E-state index in [1.165, 1.54) is 16.8 Å². The largest absolute Gasteiger partial charge is 0.371 e. The summed E-state index contributed by atoms with van der Waals surface area (Å²) >= 11 is 0. The molecule has 0 spiro atoms. The van der Waals surface area contributed by atoms with E-state index in [4.69, 9.17) is 0 Å². The Hall–Kier alpha value is -4.31. The molecule has 3 saturated heterocycles. The number of anilines is 2. The van der Waals surface area contributed by atoms with Gasteiger partial charge < -0.3 is 15.1 Å². The summed E-state index contributed by atoms with van der Waals surface area (Å²) in [4.78, 5) is 52.7. The number of imide groups is 1. The first kappa shape index (κ1) is 31.3. The summed E-state index contributed by atoms with van der Waals surface area (Å²) in [6.45, 7) is 9.80. The molecule has 246 valence electrons. The molecule has 0 aliphatic carbocycles. The molecule has 1 aromatic heterocycles. The van der Waals surface area contributed by atoms with Crippen molar-refractivity contribution in [2.24, 2.45) is 0 Å². The normalized spacial score (nSPS) is 21.3. The van der Waals surface area contributed by atoms with Crippen LogP contribution in [0, 0.1) is 0 Å². The van der Waals surface area contributed by atoms with Gasteiger partial charge in [0.15, 0.2) is 0 Å². The fourth-order valence-corrected chi connectivity index (χ4v) is 7.52. The summed E-state index contributed by atoms with van der Waals surface area (Å²) < 4.78 is 0. The van der Waals surface area contributed by atoms with Gasteiger partial charge in [0.1, 0.15) is 6.04 Å². The van der Waals surface area contributed by atoms with Gasteiger partial charge in [0, 0.05) is 62.3 Å². The van der Waals surface area contributed by atoms with Gasteiger partial charge >= 0.3 is 0 Å². The van der Waals surface area contributed by atoms with Crippen LogP contribution in [0.4, 0.5) is 11.6 Å². The lowest BCUT2D eigenvalue weighted by Crippen LogP contribution is -2.52. The molecule has 10 nitrogen and oxygen atoms in total. The fourth-order valence-electron chi connectivity index (χ4n) is 7.52. The van der Waals surface area contributed by atoms with Crippen molar-refractivity contribution in [2.45, 2.75) is 89.4 Å². The number of fused-ring (bicyclic) bond motifs is 1. The van der Waals surface area contributed by atoms with E-state index in [1.54, 1.807) is 4.90 Å². The summed E-state index contributed by atoms with van der Waals surface area (Å²) in [5, 5.41) is 5.91. The Bertz CT molecular complexity index is 1610. The molecule has 3 fully saturated rings. The number of nitrogens with one attached hydrogen (secondary N) is 2. The number of carbonyl (C=O) groups excluding carboxylic acids is 3. The number of carbonyl (C=O) groups is 3. The van der Waals surface area contributed by atoms with Gasteiger partial charge in [0.25, 0.3) is 5.91 Å². The van der Waals surface area contributed by atoms with E-state index in [9.17, 15) is 14.4 Å². The summed E-state index contributed by atoms with van der Waals surface area (Å²) in [6.07, 6.45) is 8.80. The maximum absolute atomic E-state index is 13.1. The van der Waals surface area contributed by atoms with Gasteiger partial charge in [0.2, 0.25) is 17.8 Å². The van der Waals surface area contributed by atoms with E-state index >= 15 is 0 Å². The number of benzene rings is 2. The molecule has 3 amide bonds. The number of piperidine rings is 3. The van der Waals surface area contributed by atoms with Crippen molar-refractivity contribution in [2.75, 3.05) is 36.4 Å². The first-order valence-electron chi connectivity index (χ1n) is 17.2. The Morgan fingerprint density at radius 1 is 0.894 bits per heavy atom. The first-order chi connectivity index (χ1) is 22.8. The molecule has 7 rings (SSSR count). The molecule has 10 heteroatoms. The number of rotatable bonds is 8. The molecule has 4 aliphatic rings. The van der Waals surface area contributed by atoms with Gasteiger partial charge in [-0.25, -0.2) is 9.97 Å². The van der Waals surface area contributed by atoms with Crippen molar-refractivity contribution in [3.05, 3.63) is 82.7 Å². The zero-order chi connectivity index (χ0) is 32.5. The zero-order valence-corrected chi connectivity index (χ0v) is 27.5. The minimum Gasteiger partial charge on any atom is -0.371 e. The van der Waals surface area contributed by atoms with Crippen LogP contribution < -0.4 is 15.5 Å². The van der Waals surface area contributed by atoms with Crippen molar-refractivity contribution in [3.63, 3.8) is 0 Å². The second-order valence-corrected chi connectivity index (χ2v) is 13.9. The van der Waals surface area contributed by atoms with Crippen LogP contribution in [-0.4, -0.2) is 75.8 Å². The Labute approximate surface area is 276 Å². The third-order valence-electron chi connectivity index (χ3n) is 10.5. The minimum atomic E-state index is -0.572. The molecule has 0 bridgehead atoms. The van der Waals surface area contributed by atoms with Crippen LogP contribution in [0.3, 0.4) is 0 Å². The molecule has 3 aromatic rings. The van der Waals surface area contributed by atoms with E-state index in [-0.39, 0.29) is 24.1 Å². The molecule has 5 heterocycles. The highest BCUT2D eigenvalue weighted by Gasteiger charge is 2.39. The van der Waals surface area contributed by atoms with Crippen molar-refractivity contribution in [1.82, 2.24) is 25.1 Å². The smallest absolute Gasteiger partial charge is 0.255 e.